The molecule has 3 heterocycles. The van der Waals surface area contributed by atoms with Crippen LogP contribution < -0.4 is 9.80 Å². The summed E-state index contributed by atoms with van der Waals surface area (Å²) in [6.07, 6.45) is -0.238. The Labute approximate surface area is 212 Å². The summed E-state index contributed by atoms with van der Waals surface area (Å²) in [4.78, 5) is 23.5. The highest BCUT2D eigenvalue weighted by Crippen LogP contribution is 2.35. The summed E-state index contributed by atoms with van der Waals surface area (Å²) in [5, 5.41) is 9.21. The molecule has 5 rings (SSSR count). The Kier molecular flexibility index (Phi) is 6.70. The van der Waals surface area contributed by atoms with E-state index in [1.54, 1.807) is 4.90 Å². The Morgan fingerprint density at radius 3 is 2.57 bits per heavy atom. The lowest BCUT2D eigenvalue weighted by molar-refractivity contribution is -0.141. The first kappa shape index (κ1) is 24.9. The van der Waals surface area contributed by atoms with E-state index in [4.69, 9.17) is 0 Å². The molecule has 1 saturated heterocycles. The molecule has 0 bridgehead atoms. The van der Waals surface area contributed by atoms with Crippen molar-refractivity contribution in [2.45, 2.75) is 44.8 Å². The summed E-state index contributed by atoms with van der Waals surface area (Å²) in [6, 6.07) is 10.0. The van der Waals surface area contributed by atoms with E-state index in [0.717, 1.165) is 50.5 Å². The van der Waals surface area contributed by atoms with E-state index in [-0.39, 0.29) is 12.0 Å². The van der Waals surface area contributed by atoms with Gasteiger partial charge in [-0.1, -0.05) is 30.3 Å². The second-order valence-corrected chi connectivity index (χ2v) is 9.35. The zero-order valence-electron chi connectivity index (χ0n) is 20.6. The molecule has 1 atom stereocenters. The number of fused-ring (bicyclic) bond motifs is 1. The molecule has 1 aromatic carbocycles. The number of rotatable bonds is 5. The molecule has 0 spiro atoms. The van der Waals surface area contributed by atoms with E-state index < -0.39 is 23.4 Å². The maximum Gasteiger partial charge on any atom is 0.434 e. The molecule has 1 aliphatic carbocycles. The summed E-state index contributed by atoms with van der Waals surface area (Å²) in [5.41, 5.74) is 2.69. The summed E-state index contributed by atoms with van der Waals surface area (Å²) in [6.45, 7) is 3.38. The van der Waals surface area contributed by atoms with Crippen molar-refractivity contribution in [2.24, 2.45) is 0 Å². The van der Waals surface area contributed by atoms with Gasteiger partial charge in [-0.15, -0.1) is 5.10 Å². The topological polar surface area (TPSA) is 84.3 Å². The van der Waals surface area contributed by atoms with Gasteiger partial charge in [0, 0.05) is 43.9 Å². The number of anilines is 2. The first-order chi connectivity index (χ1) is 17.8. The van der Waals surface area contributed by atoms with Crippen molar-refractivity contribution >= 4 is 17.7 Å². The molecular formula is C26H27F3N6O2. The Bertz CT molecular complexity index is 1300. The molecule has 2 aromatic heterocycles. The second kappa shape index (κ2) is 9.95. The molecule has 37 heavy (non-hydrogen) atoms. The van der Waals surface area contributed by atoms with Crippen molar-refractivity contribution in [1.82, 2.24) is 20.2 Å². The molecule has 0 amide bonds. The van der Waals surface area contributed by atoms with E-state index >= 15 is 0 Å². The van der Waals surface area contributed by atoms with Crippen LogP contribution in [0.25, 0.3) is 0 Å². The minimum atomic E-state index is -4.82. The van der Waals surface area contributed by atoms with Crippen molar-refractivity contribution in [1.29, 1.82) is 0 Å². The zero-order valence-corrected chi connectivity index (χ0v) is 20.6. The van der Waals surface area contributed by atoms with Crippen LogP contribution in [0.5, 0.6) is 0 Å². The van der Waals surface area contributed by atoms with Gasteiger partial charge in [-0.3, -0.25) is 0 Å². The summed E-state index contributed by atoms with van der Waals surface area (Å²) < 4.78 is 45.4. The van der Waals surface area contributed by atoms with Crippen LogP contribution in [0.15, 0.2) is 36.5 Å². The maximum absolute atomic E-state index is 13.6. The lowest BCUT2D eigenvalue weighted by Gasteiger charge is -2.41. The molecule has 0 N–H and O–H groups in total. The van der Waals surface area contributed by atoms with Gasteiger partial charge >= 0.3 is 12.1 Å². The van der Waals surface area contributed by atoms with Gasteiger partial charge in [-0.05, 0) is 37.3 Å². The number of carbonyl (C=O) groups excluding carboxylic acids is 1. The number of aromatic nitrogens is 4. The van der Waals surface area contributed by atoms with Crippen molar-refractivity contribution in [2.75, 3.05) is 36.5 Å². The van der Waals surface area contributed by atoms with Gasteiger partial charge in [-0.25, -0.2) is 14.8 Å². The number of benzene rings is 1. The van der Waals surface area contributed by atoms with E-state index in [0.29, 0.717) is 19.6 Å². The predicted molar refractivity (Wildman–Crippen MR) is 131 cm³/mol. The molecule has 1 unspecified atom stereocenters. The monoisotopic (exact) mass is 512 g/mol. The molecule has 2 aliphatic rings. The number of carbonyl (C=O) groups is 1. The molecule has 1 fully saturated rings. The van der Waals surface area contributed by atoms with Crippen molar-refractivity contribution in [3.05, 3.63) is 70.2 Å². The molecule has 11 heteroatoms. The molecule has 0 saturated carbocycles. The van der Waals surface area contributed by atoms with Gasteiger partial charge in [0.2, 0.25) is 5.95 Å². The summed E-state index contributed by atoms with van der Waals surface area (Å²) >= 11 is 0. The Morgan fingerprint density at radius 1 is 1.11 bits per heavy atom. The Morgan fingerprint density at radius 2 is 1.86 bits per heavy atom. The van der Waals surface area contributed by atoms with Gasteiger partial charge < -0.3 is 14.5 Å². The minimum absolute atomic E-state index is 0.0679. The van der Waals surface area contributed by atoms with E-state index in [2.05, 4.69) is 41.9 Å². The normalized spacial score (nSPS) is 17.6. The fraction of sp³-hybridized carbons (Fsp3) is 0.423. The SMILES string of the molecule is COC(=O)c1cnc(N2CCN(c3nnc(Cc4ccccc4)c4c3CCC4)CC2C)nc1C(F)(F)F. The van der Waals surface area contributed by atoms with E-state index in [1.165, 1.54) is 16.7 Å². The molecule has 194 valence electrons. The third kappa shape index (κ3) is 4.94. The number of nitrogens with zero attached hydrogens (tertiary/aromatic N) is 6. The first-order valence-electron chi connectivity index (χ1n) is 12.2. The fourth-order valence-electron chi connectivity index (χ4n) is 5.16. The quantitative estimate of drug-likeness (QED) is 0.477. The number of hydrogen-bond acceptors (Lipinski definition) is 8. The van der Waals surface area contributed by atoms with Crippen LogP contribution in [0.1, 0.15) is 51.8 Å². The van der Waals surface area contributed by atoms with Crippen molar-refractivity contribution in [3.8, 4) is 0 Å². The van der Waals surface area contributed by atoms with Crippen LogP contribution in [0.2, 0.25) is 0 Å². The predicted octanol–water partition coefficient (Wildman–Crippen LogP) is 3.87. The van der Waals surface area contributed by atoms with Crippen molar-refractivity contribution in [3.63, 3.8) is 0 Å². The minimum Gasteiger partial charge on any atom is -0.465 e. The van der Waals surface area contributed by atoms with Gasteiger partial charge in [0.15, 0.2) is 11.5 Å². The molecule has 1 aliphatic heterocycles. The molecule has 8 nitrogen and oxygen atoms in total. The van der Waals surface area contributed by atoms with Crippen LogP contribution in [0, 0.1) is 0 Å². The van der Waals surface area contributed by atoms with Crippen LogP contribution >= 0.6 is 0 Å². The highest BCUT2D eigenvalue weighted by Gasteiger charge is 2.40. The number of esters is 1. The molecule has 3 aromatic rings. The second-order valence-electron chi connectivity index (χ2n) is 9.35. The lowest BCUT2D eigenvalue weighted by atomic mass is 10.0. The van der Waals surface area contributed by atoms with E-state index in [9.17, 15) is 18.0 Å². The van der Waals surface area contributed by atoms with Gasteiger partial charge in [0.1, 0.15) is 5.56 Å². The smallest absolute Gasteiger partial charge is 0.434 e. The third-order valence-electron chi connectivity index (χ3n) is 6.95. The van der Waals surface area contributed by atoms with E-state index in [1.807, 2.05) is 25.1 Å². The Hall–Kier alpha value is -3.76. The number of piperazine rings is 1. The summed E-state index contributed by atoms with van der Waals surface area (Å²) in [7, 11) is 1.02. The van der Waals surface area contributed by atoms with Crippen molar-refractivity contribution < 1.29 is 22.7 Å². The first-order valence-corrected chi connectivity index (χ1v) is 12.2. The number of hydrogen-bond donors (Lipinski definition) is 0. The van der Waals surface area contributed by atoms with Crippen LogP contribution in [0.4, 0.5) is 24.9 Å². The zero-order chi connectivity index (χ0) is 26.2. The third-order valence-corrected chi connectivity index (χ3v) is 6.95. The summed E-state index contributed by atoms with van der Waals surface area (Å²) in [5.74, 6) is -0.338. The Balaban J connectivity index is 1.37. The molecule has 0 radical (unpaired) electrons. The maximum atomic E-state index is 13.6. The number of halogens is 3. The number of alkyl halides is 3. The highest BCUT2D eigenvalue weighted by atomic mass is 19.4. The number of methoxy groups -OCH3 is 1. The van der Waals surface area contributed by atoms with Gasteiger partial charge in [-0.2, -0.15) is 18.3 Å². The number of ether oxygens (including phenoxy) is 1. The standard InChI is InChI=1S/C26H27F3N6O2/c1-16-15-34(11-12-35(16)25-30-14-20(24(36)37-2)22(31-25)26(27,28)29)23-19-10-6-9-18(19)21(32-33-23)13-17-7-4-3-5-8-17/h3-5,7-8,14,16H,6,9-13,15H2,1-2H3. The average Bonchev–Trinajstić information content (AvgIpc) is 3.39. The molecular weight excluding hydrogens is 485 g/mol. The van der Waals surface area contributed by atoms with Crippen LogP contribution in [-0.4, -0.2) is 58.9 Å². The van der Waals surface area contributed by atoms with Crippen LogP contribution in [0.3, 0.4) is 0 Å². The fourth-order valence-corrected chi connectivity index (χ4v) is 5.16. The highest BCUT2D eigenvalue weighted by molar-refractivity contribution is 5.90. The van der Waals surface area contributed by atoms with Crippen LogP contribution in [-0.2, 0) is 30.2 Å². The van der Waals surface area contributed by atoms with Gasteiger partial charge in [0.25, 0.3) is 0 Å². The average molecular weight is 513 g/mol. The van der Waals surface area contributed by atoms with Gasteiger partial charge in [0.05, 0.1) is 12.8 Å². The lowest BCUT2D eigenvalue weighted by Crippen LogP contribution is -2.53. The largest absolute Gasteiger partial charge is 0.465 e.